The minimum Gasteiger partial charge on any atom is -0.465 e. The number of nitrogens with two attached hydrogens (primary N) is 1. The standard InChI is InChI=1S/C14H15N3O2/c1-8-4-5-10(6-9(8)2)13-16-7-11(12(15)17-13)14(18)19-3/h4-7H,1-3H3,(H2,15,16,17). The molecule has 1 aromatic heterocycles. The number of carbonyl (C=O) groups excluding carboxylic acids is 1. The van der Waals surface area contributed by atoms with Crippen molar-refractivity contribution in [3.05, 3.63) is 41.1 Å². The Morgan fingerprint density at radius 2 is 2.00 bits per heavy atom. The third-order valence-electron chi connectivity index (χ3n) is 2.99. The predicted octanol–water partition coefficient (Wildman–Crippen LogP) is 2.13. The number of hydrogen-bond acceptors (Lipinski definition) is 5. The largest absolute Gasteiger partial charge is 0.465 e. The lowest BCUT2D eigenvalue weighted by atomic mass is 10.1. The highest BCUT2D eigenvalue weighted by Crippen LogP contribution is 2.20. The molecule has 5 heteroatoms. The quantitative estimate of drug-likeness (QED) is 0.834. The second-order valence-electron chi connectivity index (χ2n) is 4.28. The molecule has 19 heavy (non-hydrogen) atoms. The highest BCUT2D eigenvalue weighted by molar-refractivity contribution is 5.93. The van der Waals surface area contributed by atoms with Crippen LogP contribution in [-0.4, -0.2) is 23.0 Å². The van der Waals surface area contributed by atoms with Gasteiger partial charge in [-0.3, -0.25) is 0 Å². The summed E-state index contributed by atoms with van der Waals surface area (Å²) in [6.45, 7) is 4.06. The van der Waals surface area contributed by atoms with Crippen LogP contribution in [0.2, 0.25) is 0 Å². The summed E-state index contributed by atoms with van der Waals surface area (Å²) in [6, 6.07) is 5.91. The molecule has 5 nitrogen and oxygen atoms in total. The van der Waals surface area contributed by atoms with Crippen LogP contribution in [0.3, 0.4) is 0 Å². The molecule has 0 aliphatic carbocycles. The van der Waals surface area contributed by atoms with E-state index in [1.165, 1.54) is 18.9 Å². The van der Waals surface area contributed by atoms with Crippen molar-refractivity contribution in [2.24, 2.45) is 0 Å². The Hall–Kier alpha value is -2.43. The maximum absolute atomic E-state index is 11.4. The zero-order valence-corrected chi connectivity index (χ0v) is 11.1. The fourth-order valence-electron chi connectivity index (χ4n) is 1.68. The van der Waals surface area contributed by atoms with Crippen molar-refractivity contribution in [3.8, 4) is 11.4 Å². The number of ether oxygens (including phenoxy) is 1. The maximum atomic E-state index is 11.4. The van der Waals surface area contributed by atoms with Gasteiger partial charge in [0.05, 0.1) is 7.11 Å². The first-order valence-electron chi connectivity index (χ1n) is 5.81. The molecule has 0 bridgehead atoms. The van der Waals surface area contributed by atoms with Gasteiger partial charge >= 0.3 is 5.97 Å². The van der Waals surface area contributed by atoms with E-state index in [1.54, 1.807) is 0 Å². The molecule has 1 aromatic carbocycles. The van der Waals surface area contributed by atoms with Crippen LogP contribution in [0.4, 0.5) is 5.82 Å². The van der Waals surface area contributed by atoms with Gasteiger partial charge in [0, 0.05) is 11.8 Å². The molecule has 98 valence electrons. The molecule has 0 aliphatic heterocycles. The third-order valence-corrected chi connectivity index (χ3v) is 2.99. The summed E-state index contributed by atoms with van der Waals surface area (Å²) in [5, 5.41) is 0. The van der Waals surface area contributed by atoms with Crippen molar-refractivity contribution in [2.75, 3.05) is 12.8 Å². The summed E-state index contributed by atoms with van der Waals surface area (Å²) in [4.78, 5) is 19.7. The molecular weight excluding hydrogens is 242 g/mol. The van der Waals surface area contributed by atoms with E-state index in [2.05, 4.69) is 14.7 Å². The summed E-state index contributed by atoms with van der Waals surface area (Å²) in [6.07, 6.45) is 1.39. The van der Waals surface area contributed by atoms with Crippen LogP contribution >= 0.6 is 0 Å². The Morgan fingerprint density at radius 1 is 1.26 bits per heavy atom. The maximum Gasteiger partial charge on any atom is 0.343 e. The number of anilines is 1. The molecule has 1 heterocycles. The van der Waals surface area contributed by atoms with Crippen molar-refractivity contribution in [2.45, 2.75) is 13.8 Å². The van der Waals surface area contributed by atoms with E-state index in [4.69, 9.17) is 5.73 Å². The Kier molecular flexibility index (Phi) is 3.46. The van der Waals surface area contributed by atoms with Gasteiger partial charge in [-0.15, -0.1) is 0 Å². The van der Waals surface area contributed by atoms with E-state index < -0.39 is 5.97 Å². The second-order valence-corrected chi connectivity index (χ2v) is 4.28. The third kappa shape index (κ3) is 2.54. The van der Waals surface area contributed by atoms with Crippen LogP contribution in [0.5, 0.6) is 0 Å². The lowest BCUT2D eigenvalue weighted by Gasteiger charge is -2.07. The van der Waals surface area contributed by atoms with Crippen LogP contribution in [0, 0.1) is 13.8 Å². The van der Waals surface area contributed by atoms with Crippen LogP contribution < -0.4 is 5.73 Å². The van der Waals surface area contributed by atoms with Crippen LogP contribution in [0.15, 0.2) is 24.4 Å². The minimum absolute atomic E-state index is 0.120. The number of rotatable bonds is 2. The Labute approximate surface area is 111 Å². The van der Waals surface area contributed by atoms with Crippen molar-refractivity contribution in [1.29, 1.82) is 0 Å². The van der Waals surface area contributed by atoms with Crippen LogP contribution in [0.1, 0.15) is 21.5 Å². The number of carbonyl (C=O) groups is 1. The van der Waals surface area contributed by atoms with Gasteiger partial charge in [-0.1, -0.05) is 12.1 Å². The minimum atomic E-state index is -0.538. The smallest absolute Gasteiger partial charge is 0.343 e. The first-order valence-corrected chi connectivity index (χ1v) is 5.81. The summed E-state index contributed by atoms with van der Waals surface area (Å²) in [7, 11) is 1.29. The van der Waals surface area contributed by atoms with Crippen molar-refractivity contribution >= 4 is 11.8 Å². The first-order chi connectivity index (χ1) is 9.02. The number of nitrogens with zero attached hydrogens (tertiary/aromatic N) is 2. The molecule has 0 saturated heterocycles. The molecule has 2 N–H and O–H groups in total. The van der Waals surface area contributed by atoms with Crippen molar-refractivity contribution in [1.82, 2.24) is 9.97 Å². The molecule has 2 rings (SSSR count). The molecule has 2 aromatic rings. The van der Waals surface area contributed by atoms with Crippen molar-refractivity contribution < 1.29 is 9.53 Å². The van der Waals surface area contributed by atoms with Crippen LogP contribution in [0.25, 0.3) is 11.4 Å². The van der Waals surface area contributed by atoms with E-state index in [0.29, 0.717) is 5.82 Å². The summed E-state index contributed by atoms with van der Waals surface area (Å²) in [5.74, 6) is 0.0764. The Morgan fingerprint density at radius 3 is 2.58 bits per heavy atom. The van der Waals surface area contributed by atoms with Gasteiger partial charge < -0.3 is 10.5 Å². The summed E-state index contributed by atoms with van der Waals surface area (Å²) >= 11 is 0. The van der Waals surface area contributed by atoms with Crippen LogP contribution in [-0.2, 0) is 4.74 Å². The summed E-state index contributed by atoms with van der Waals surface area (Å²) in [5.41, 5.74) is 9.14. The van der Waals surface area contributed by atoms with E-state index in [0.717, 1.165) is 11.1 Å². The molecule has 0 unspecified atom stereocenters. The fourth-order valence-corrected chi connectivity index (χ4v) is 1.68. The molecule has 0 radical (unpaired) electrons. The molecule has 0 amide bonds. The number of esters is 1. The van der Waals surface area contributed by atoms with Gasteiger partial charge in [-0.25, -0.2) is 14.8 Å². The number of methoxy groups -OCH3 is 1. The second kappa shape index (κ2) is 5.06. The van der Waals surface area contributed by atoms with E-state index in [-0.39, 0.29) is 11.4 Å². The lowest BCUT2D eigenvalue weighted by Crippen LogP contribution is -2.09. The lowest BCUT2D eigenvalue weighted by molar-refractivity contribution is 0.0601. The fraction of sp³-hybridized carbons (Fsp3) is 0.214. The van der Waals surface area contributed by atoms with E-state index in [9.17, 15) is 4.79 Å². The summed E-state index contributed by atoms with van der Waals surface area (Å²) < 4.78 is 4.60. The molecule has 0 atom stereocenters. The number of aromatic nitrogens is 2. The number of nitrogen functional groups attached to an aromatic ring is 1. The number of aryl methyl sites for hydroxylation is 2. The normalized spacial score (nSPS) is 10.3. The van der Waals surface area contributed by atoms with Gasteiger partial charge in [0.2, 0.25) is 0 Å². The van der Waals surface area contributed by atoms with Gasteiger partial charge in [0.1, 0.15) is 11.4 Å². The average Bonchev–Trinajstić information content (AvgIpc) is 2.41. The molecule has 0 fully saturated rings. The zero-order valence-electron chi connectivity index (χ0n) is 11.1. The van der Waals surface area contributed by atoms with E-state index >= 15 is 0 Å². The Bertz CT molecular complexity index is 639. The molecule has 0 aliphatic rings. The Balaban J connectivity index is 2.44. The van der Waals surface area contributed by atoms with Gasteiger partial charge in [-0.05, 0) is 31.0 Å². The first kappa shape index (κ1) is 13.0. The average molecular weight is 257 g/mol. The monoisotopic (exact) mass is 257 g/mol. The van der Waals surface area contributed by atoms with Gasteiger partial charge in [-0.2, -0.15) is 0 Å². The van der Waals surface area contributed by atoms with Gasteiger partial charge in [0.15, 0.2) is 5.82 Å². The predicted molar refractivity (Wildman–Crippen MR) is 72.7 cm³/mol. The number of hydrogen-bond donors (Lipinski definition) is 1. The van der Waals surface area contributed by atoms with E-state index in [1.807, 2.05) is 32.0 Å². The number of benzene rings is 1. The van der Waals surface area contributed by atoms with Gasteiger partial charge in [0.25, 0.3) is 0 Å². The molecule has 0 spiro atoms. The molecule has 0 saturated carbocycles. The SMILES string of the molecule is COC(=O)c1cnc(-c2ccc(C)c(C)c2)nc1N. The van der Waals surface area contributed by atoms with Crippen molar-refractivity contribution in [3.63, 3.8) is 0 Å². The molecular formula is C14H15N3O2. The highest BCUT2D eigenvalue weighted by atomic mass is 16.5. The highest BCUT2D eigenvalue weighted by Gasteiger charge is 2.13. The zero-order chi connectivity index (χ0) is 14.0. The topological polar surface area (TPSA) is 78.1 Å².